The molecule has 0 spiro atoms. The van der Waals surface area contributed by atoms with Crippen molar-refractivity contribution in [1.29, 1.82) is 0 Å². The molecule has 1 aromatic carbocycles. The standard InChI is InChI=1S/C31H41N3O15S/c1-19(35)47-17-20-7-8-22(48-29-15-21(36)14-25(49-29)31(41)42)16-24(20)46-13-5-11-32-30(40)23(18-50(43,44)45)33-26(37)6-3-2-4-12-34-27(38)9-10-28(34)39/h7-10,16,21,23,25,29,36H,2-6,11-15,17-18H2,1H3,(H,32,40)(H,33,37)(H,41,42)(H,43,44,45)/t21?,23?,25-,29?/m0/s1. The number of carboxylic acid groups (broad SMARTS) is 1. The molecular formula is C31H41N3O15S. The lowest BCUT2D eigenvalue weighted by Crippen LogP contribution is -2.50. The van der Waals surface area contributed by atoms with Gasteiger partial charge in [-0.15, -0.1) is 0 Å². The zero-order chi connectivity index (χ0) is 36.8. The van der Waals surface area contributed by atoms with Crippen LogP contribution in [0.3, 0.4) is 0 Å². The summed E-state index contributed by atoms with van der Waals surface area (Å²) in [7, 11) is -4.65. The van der Waals surface area contributed by atoms with Crippen LogP contribution >= 0.6 is 0 Å². The summed E-state index contributed by atoms with van der Waals surface area (Å²) in [6.07, 6.45) is 0.376. The number of esters is 1. The van der Waals surface area contributed by atoms with E-state index in [0.29, 0.717) is 24.8 Å². The highest BCUT2D eigenvalue weighted by Gasteiger charge is 2.34. The first-order chi connectivity index (χ1) is 23.6. The van der Waals surface area contributed by atoms with E-state index in [1.807, 2.05) is 0 Å². The lowest BCUT2D eigenvalue weighted by Gasteiger charge is -2.31. The second-order valence-corrected chi connectivity index (χ2v) is 13.0. The molecular weight excluding hydrogens is 686 g/mol. The number of ether oxygens (including phenoxy) is 4. The monoisotopic (exact) mass is 727 g/mol. The van der Waals surface area contributed by atoms with E-state index in [1.165, 1.54) is 31.2 Å². The van der Waals surface area contributed by atoms with Gasteiger partial charge in [0.25, 0.3) is 21.9 Å². The highest BCUT2D eigenvalue weighted by atomic mass is 32.2. The maximum Gasteiger partial charge on any atom is 0.333 e. The van der Waals surface area contributed by atoms with E-state index in [-0.39, 0.29) is 63.5 Å². The van der Waals surface area contributed by atoms with Crippen LogP contribution in [0, 0.1) is 0 Å². The van der Waals surface area contributed by atoms with Gasteiger partial charge < -0.3 is 39.8 Å². The van der Waals surface area contributed by atoms with E-state index in [2.05, 4.69) is 10.6 Å². The second kappa shape index (κ2) is 19.0. The number of aliphatic carboxylic acids is 1. The van der Waals surface area contributed by atoms with Crippen molar-refractivity contribution in [2.75, 3.05) is 25.4 Å². The SMILES string of the molecule is CC(=O)OCc1ccc(OC2CC(O)C[C@@H](C(=O)O)O2)cc1OCCCNC(=O)C(CS(=O)(=O)O)NC(=O)CCCCCN1C(=O)C=CC1=O. The number of amides is 4. The molecule has 0 radical (unpaired) electrons. The van der Waals surface area contributed by atoms with Crippen molar-refractivity contribution in [3.8, 4) is 11.5 Å². The van der Waals surface area contributed by atoms with Crippen molar-refractivity contribution in [2.24, 2.45) is 0 Å². The molecule has 3 rings (SSSR count). The Morgan fingerprint density at radius 1 is 1.06 bits per heavy atom. The van der Waals surface area contributed by atoms with Gasteiger partial charge in [-0.05, 0) is 31.4 Å². The van der Waals surface area contributed by atoms with Gasteiger partial charge >= 0.3 is 11.9 Å². The summed E-state index contributed by atoms with van der Waals surface area (Å²) in [4.78, 5) is 72.2. The van der Waals surface area contributed by atoms with Gasteiger partial charge in [-0.3, -0.25) is 33.4 Å². The Morgan fingerprint density at radius 2 is 1.78 bits per heavy atom. The summed E-state index contributed by atoms with van der Waals surface area (Å²) in [5.74, 6) is -4.73. The predicted octanol–water partition coefficient (Wildman–Crippen LogP) is -0.178. The number of rotatable bonds is 20. The molecule has 2 heterocycles. The molecule has 1 aromatic rings. The van der Waals surface area contributed by atoms with Gasteiger partial charge in [0.2, 0.25) is 18.1 Å². The molecule has 18 nitrogen and oxygen atoms in total. The number of imide groups is 1. The Kier molecular flexibility index (Phi) is 15.1. The molecule has 0 saturated carbocycles. The normalized spacial score (nSPS) is 19.5. The van der Waals surface area contributed by atoms with Crippen molar-refractivity contribution in [3.63, 3.8) is 0 Å². The number of hydrogen-bond acceptors (Lipinski definition) is 13. The minimum absolute atomic E-state index is 0.00343. The molecule has 0 aromatic heterocycles. The summed E-state index contributed by atoms with van der Waals surface area (Å²) in [6, 6.07) is 2.94. The van der Waals surface area contributed by atoms with Crippen LogP contribution in [-0.2, 0) is 55.0 Å². The van der Waals surface area contributed by atoms with Crippen molar-refractivity contribution in [3.05, 3.63) is 35.9 Å². The number of aliphatic hydroxyl groups excluding tert-OH is 1. The van der Waals surface area contributed by atoms with Gasteiger partial charge in [0.05, 0.1) is 12.7 Å². The minimum atomic E-state index is -4.65. The fourth-order valence-electron chi connectivity index (χ4n) is 4.92. The molecule has 5 N–H and O–H groups in total. The lowest BCUT2D eigenvalue weighted by molar-refractivity contribution is -0.195. The molecule has 0 bridgehead atoms. The Balaban J connectivity index is 1.49. The van der Waals surface area contributed by atoms with Crippen LogP contribution in [0.15, 0.2) is 30.4 Å². The predicted molar refractivity (Wildman–Crippen MR) is 170 cm³/mol. The summed E-state index contributed by atoms with van der Waals surface area (Å²) < 4.78 is 54.4. The third kappa shape index (κ3) is 13.7. The number of nitrogens with one attached hydrogen (secondary N) is 2. The van der Waals surface area contributed by atoms with E-state index < -0.39 is 76.0 Å². The number of benzene rings is 1. The lowest BCUT2D eigenvalue weighted by atomic mass is 10.1. The Labute approximate surface area is 287 Å². The van der Waals surface area contributed by atoms with Gasteiger partial charge in [0, 0.05) is 63.1 Å². The number of carbonyl (C=O) groups is 6. The quantitative estimate of drug-likeness (QED) is 0.0505. The number of carbonyl (C=O) groups excluding carboxylic acids is 5. The Hall–Kier alpha value is -4.59. The Bertz CT molecular complexity index is 1530. The average molecular weight is 728 g/mol. The third-order valence-electron chi connectivity index (χ3n) is 7.37. The van der Waals surface area contributed by atoms with Crippen LogP contribution in [-0.4, -0.2) is 114 Å². The van der Waals surface area contributed by atoms with Gasteiger partial charge in [0.1, 0.15) is 29.9 Å². The van der Waals surface area contributed by atoms with Gasteiger partial charge in [-0.1, -0.05) is 6.42 Å². The first-order valence-electron chi connectivity index (χ1n) is 15.8. The van der Waals surface area contributed by atoms with Crippen LogP contribution in [0.4, 0.5) is 0 Å². The number of nitrogens with zero attached hydrogens (tertiary/aromatic N) is 1. The Morgan fingerprint density at radius 3 is 2.44 bits per heavy atom. The van der Waals surface area contributed by atoms with Crippen LogP contribution < -0.4 is 20.1 Å². The van der Waals surface area contributed by atoms with E-state index in [0.717, 1.165) is 4.90 Å². The first kappa shape index (κ1) is 39.8. The minimum Gasteiger partial charge on any atom is -0.493 e. The third-order valence-corrected chi connectivity index (χ3v) is 8.13. The van der Waals surface area contributed by atoms with E-state index in [4.69, 9.17) is 18.9 Å². The molecule has 2 aliphatic heterocycles. The van der Waals surface area contributed by atoms with Gasteiger partial charge in [0.15, 0.2) is 6.10 Å². The maximum absolute atomic E-state index is 12.8. The highest BCUT2D eigenvalue weighted by molar-refractivity contribution is 7.85. The van der Waals surface area contributed by atoms with Crippen LogP contribution in [0.25, 0.3) is 0 Å². The molecule has 50 heavy (non-hydrogen) atoms. The van der Waals surface area contributed by atoms with E-state index in [9.17, 15) is 52.0 Å². The summed E-state index contributed by atoms with van der Waals surface area (Å²) >= 11 is 0. The molecule has 3 unspecified atom stereocenters. The van der Waals surface area contributed by atoms with Crippen molar-refractivity contribution < 1.29 is 70.9 Å². The van der Waals surface area contributed by atoms with Crippen LogP contribution in [0.5, 0.6) is 11.5 Å². The van der Waals surface area contributed by atoms with Crippen molar-refractivity contribution in [2.45, 2.75) is 83.0 Å². The number of carboxylic acids is 1. The maximum atomic E-state index is 12.8. The van der Waals surface area contributed by atoms with E-state index in [1.54, 1.807) is 6.07 Å². The molecule has 1 saturated heterocycles. The molecule has 4 amide bonds. The number of unbranched alkanes of at least 4 members (excludes halogenated alkanes) is 2. The summed E-state index contributed by atoms with van der Waals surface area (Å²) in [6.45, 7) is 1.24. The van der Waals surface area contributed by atoms with Gasteiger partial charge in [-0.25, -0.2) is 4.79 Å². The molecule has 0 aliphatic carbocycles. The summed E-state index contributed by atoms with van der Waals surface area (Å²) in [5, 5.41) is 24.1. The number of hydrogen-bond donors (Lipinski definition) is 5. The van der Waals surface area contributed by atoms with Crippen molar-refractivity contribution in [1.82, 2.24) is 15.5 Å². The fraction of sp³-hybridized carbons (Fsp3) is 0.548. The highest BCUT2D eigenvalue weighted by Crippen LogP contribution is 2.29. The molecule has 4 atom stereocenters. The van der Waals surface area contributed by atoms with Crippen LogP contribution in [0.2, 0.25) is 0 Å². The zero-order valence-corrected chi connectivity index (χ0v) is 28.1. The first-order valence-corrected chi connectivity index (χ1v) is 17.4. The van der Waals surface area contributed by atoms with Crippen molar-refractivity contribution >= 4 is 45.7 Å². The van der Waals surface area contributed by atoms with Gasteiger partial charge in [-0.2, -0.15) is 8.42 Å². The van der Waals surface area contributed by atoms with Crippen LogP contribution in [0.1, 0.15) is 57.4 Å². The molecule has 276 valence electrons. The molecule has 19 heteroatoms. The molecule has 2 aliphatic rings. The second-order valence-electron chi connectivity index (χ2n) is 11.5. The largest absolute Gasteiger partial charge is 0.493 e. The van der Waals surface area contributed by atoms with E-state index >= 15 is 0 Å². The zero-order valence-electron chi connectivity index (χ0n) is 27.3. The molecule has 1 fully saturated rings. The average Bonchev–Trinajstić information content (AvgIpc) is 3.35. The topological polar surface area (TPSA) is 261 Å². The smallest absolute Gasteiger partial charge is 0.333 e. The number of aliphatic hydroxyl groups is 1. The summed E-state index contributed by atoms with van der Waals surface area (Å²) in [5.41, 5.74) is 0.454. The fourth-order valence-corrected chi connectivity index (χ4v) is 5.58.